The molecular formula is C11H14F5NO. The molecule has 2 bridgehead atoms. The summed E-state index contributed by atoms with van der Waals surface area (Å²) in [6.07, 6.45) is -1.90. The summed E-state index contributed by atoms with van der Waals surface area (Å²) in [6.45, 7) is -0.0777. The predicted octanol–water partition coefficient (Wildman–Crippen LogP) is 2.74. The SMILES string of the molecule is O=C(NCC1CC2CCC1C2)C(F)(F)C(F)(F)F. The van der Waals surface area contributed by atoms with Crippen LogP contribution in [-0.2, 0) is 4.79 Å². The maximum Gasteiger partial charge on any atom is 0.463 e. The van der Waals surface area contributed by atoms with Crippen molar-refractivity contribution in [2.75, 3.05) is 6.54 Å². The molecule has 2 fully saturated rings. The first-order chi connectivity index (χ1) is 8.22. The molecule has 0 aromatic rings. The second kappa shape index (κ2) is 4.35. The number of halogens is 5. The van der Waals surface area contributed by atoms with Gasteiger partial charge >= 0.3 is 12.1 Å². The standard InChI is InChI=1S/C11H14F5NO/c12-10(13,11(14,15)16)9(18)17-5-8-4-6-1-2-7(8)3-6/h6-8H,1-5H2,(H,17,18). The van der Waals surface area contributed by atoms with Gasteiger partial charge in [0.2, 0.25) is 0 Å². The number of nitrogens with one attached hydrogen (secondary N) is 1. The number of hydrogen-bond acceptors (Lipinski definition) is 1. The van der Waals surface area contributed by atoms with E-state index in [2.05, 4.69) is 0 Å². The zero-order valence-corrected chi connectivity index (χ0v) is 9.57. The number of rotatable bonds is 3. The predicted molar refractivity (Wildman–Crippen MR) is 52.9 cm³/mol. The van der Waals surface area contributed by atoms with Crippen LogP contribution in [-0.4, -0.2) is 24.6 Å². The molecule has 2 aliphatic rings. The highest BCUT2D eigenvalue weighted by Gasteiger charge is 2.63. The largest absolute Gasteiger partial charge is 0.463 e. The average Bonchev–Trinajstić information content (AvgIpc) is 2.85. The second-order valence-corrected chi connectivity index (χ2v) is 5.22. The lowest BCUT2D eigenvalue weighted by molar-refractivity contribution is -0.269. The Balaban J connectivity index is 1.85. The van der Waals surface area contributed by atoms with Crippen LogP contribution in [0.4, 0.5) is 22.0 Å². The van der Waals surface area contributed by atoms with E-state index in [1.165, 1.54) is 0 Å². The smallest absolute Gasteiger partial charge is 0.350 e. The minimum absolute atomic E-state index is 0.0525. The molecule has 3 unspecified atom stereocenters. The number of carbonyl (C=O) groups excluding carboxylic acids is 1. The fourth-order valence-corrected chi connectivity index (χ4v) is 3.09. The van der Waals surface area contributed by atoms with Gasteiger partial charge in [0.25, 0.3) is 5.91 Å². The van der Waals surface area contributed by atoms with Crippen molar-refractivity contribution in [3.63, 3.8) is 0 Å². The van der Waals surface area contributed by atoms with Gasteiger partial charge in [-0.3, -0.25) is 4.79 Å². The summed E-state index contributed by atoms with van der Waals surface area (Å²) in [5, 5.41) is 1.75. The van der Waals surface area contributed by atoms with Crippen LogP contribution in [0, 0.1) is 17.8 Å². The molecule has 0 saturated heterocycles. The minimum Gasteiger partial charge on any atom is -0.350 e. The first-order valence-electron chi connectivity index (χ1n) is 5.94. The van der Waals surface area contributed by atoms with Gasteiger partial charge in [-0.15, -0.1) is 0 Å². The zero-order chi connectivity index (χ0) is 13.6. The van der Waals surface area contributed by atoms with E-state index in [4.69, 9.17) is 0 Å². The Kier molecular flexibility index (Phi) is 3.27. The van der Waals surface area contributed by atoms with Gasteiger partial charge in [-0.1, -0.05) is 6.42 Å². The van der Waals surface area contributed by atoms with Gasteiger partial charge in [0, 0.05) is 6.54 Å². The molecular weight excluding hydrogens is 257 g/mol. The van der Waals surface area contributed by atoms with Crippen molar-refractivity contribution in [1.29, 1.82) is 0 Å². The summed E-state index contributed by atoms with van der Waals surface area (Å²) < 4.78 is 61.1. The lowest BCUT2D eigenvalue weighted by Crippen LogP contribution is -2.51. The van der Waals surface area contributed by atoms with Gasteiger partial charge in [0.1, 0.15) is 0 Å². The number of amides is 1. The van der Waals surface area contributed by atoms with Gasteiger partial charge in [0.05, 0.1) is 0 Å². The molecule has 0 aliphatic heterocycles. The third-order valence-corrected chi connectivity index (χ3v) is 4.05. The summed E-state index contributed by atoms with van der Waals surface area (Å²) in [5.41, 5.74) is 0. The fourth-order valence-electron chi connectivity index (χ4n) is 3.09. The summed E-state index contributed by atoms with van der Waals surface area (Å²) >= 11 is 0. The van der Waals surface area contributed by atoms with Gasteiger partial charge in [0.15, 0.2) is 0 Å². The molecule has 18 heavy (non-hydrogen) atoms. The molecule has 3 atom stereocenters. The van der Waals surface area contributed by atoms with Crippen molar-refractivity contribution in [2.45, 2.75) is 37.8 Å². The van der Waals surface area contributed by atoms with Gasteiger partial charge in [-0.25, -0.2) is 0 Å². The third-order valence-electron chi connectivity index (χ3n) is 4.05. The van der Waals surface area contributed by atoms with E-state index in [0.29, 0.717) is 11.8 Å². The molecule has 0 aromatic carbocycles. The fraction of sp³-hybridized carbons (Fsp3) is 0.909. The van der Waals surface area contributed by atoms with Gasteiger partial charge in [-0.2, -0.15) is 22.0 Å². The highest BCUT2D eigenvalue weighted by molar-refractivity contribution is 5.84. The number of hydrogen-bond donors (Lipinski definition) is 1. The van der Waals surface area contributed by atoms with Crippen molar-refractivity contribution in [3.8, 4) is 0 Å². The van der Waals surface area contributed by atoms with Crippen LogP contribution in [0.15, 0.2) is 0 Å². The molecule has 1 N–H and O–H groups in total. The molecule has 104 valence electrons. The molecule has 0 heterocycles. The molecule has 0 spiro atoms. The Hall–Kier alpha value is -0.880. The maximum atomic E-state index is 12.6. The van der Waals surface area contributed by atoms with Gasteiger partial charge in [-0.05, 0) is 37.0 Å². The topological polar surface area (TPSA) is 29.1 Å². The molecule has 2 aliphatic carbocycles. The van der Waals surface area contributed by atoms with E-state index in [-0.39, 0.29) is 12.5 Å². The monoisotopic (exact) mass is 271 g/mol. The first kappa shape index (κ1) is 13.5. The Labute approximate surface area is 101 Å². The van der Waals surface area contributed by atoms with Crippen LogP contribution in [0.25, 0.3) is 0 Å². The number of alkyl halides is 5. The third kappa shape index (κ3) is 2.31. The molecule has 0 radical (unpaired) electrons. The van der Waals surface area contributed by atoms with Crippen LogP contribution in [0.3, 0.4) is 0 Å². The Bertz CT molecular complexity index is 341. The van der Waals surface area contributed by atoms with Crippen molar-refractivity contribution < 1.29 is 26.7 Å². The summed E-state index contributed by atoms with van der Waals surface area (Å²) in [4.78, 5) is 10.9. The lowest BCUT2D eigenvalue weighted by Gasteiger charge is -2.24. The van der Waals surface area contributed by atoms with Crippen LogP contribution >= 0.6 is 0 Å². The lowest BCUT2D eigenvalue weighted by atomic mass is 9.89. The quantitative estimate of drug-likeness (QED) is 0.786. The van der Waals surface area contributed by atoms with Crippen molar-refractivity contribution in [3.05, 3.63) is 0 Å². The van der Waals surface area contributed by atoms with Crippen LogP contribution in [0.1, 0.15) is 25.7 Å². The average molecular weight is 271 g/mol. The first-order valence-corrected chi connectivity index (χ1v) is 5.94. The normalized spacial score (nSPS) is 31.7. The Morgan fingerprint density at radius 1 is 1.11 bits per heavy atom. The van der Waals surface area contributed by atoms with Crippen molar-refractivity contribution >= 4 is 5.91 Å². The highest BCUT2D eigenvalue weighted by atomic mass is 19.4. The van der Waals surface area contributed by atoms with Crippen molar-refractivity contribution in [1.82, 2.24) is 5.32 Å². The number of fused-ring (bicyclic) bond motifs is 2. The van der Waals surface area contributed by atoms with Crippen LogP contribution in [0.2, 0.25) is 0 Å². The van der Waals surface area contributed by atoms with E-state index in [0.717, 1.165) is 25.7 Å². The highest BCUT2D eigenvalue weighted by Crippen LogP contribution is 2.48. The Morgan fingerprint density at radius 2 is 1.78 bits per heavy atom. The second-order valence-electron chi connectivity index (χ2n) is 5.22. The zero-order valence-electron chi connectivity index (χ0n) is 9.57. The maximum absolute atomic E-state index is 12.6. The minimum atomic E-state index is -5.83. The van der Waals surface area contributed by atoms with E-state index in [1.54, 1.807) is 5.32 Å². The molecule has 1 amide bonds. The van der Waals surface area contributed by atoms with Crippen LogP contribution in [0.5, 0.6) is 0 Å². The van der Waals surface area contributed by atoms with E-state index >= 15 is 0 Å². The summed E-state index contributed by atoms with van der Waals surface area (Å²) in [5.74, 6) is -6.56. The number of carbonyl (C=O) groups is 1. The van der Waals surface area contributed by atoms with E-state index < -0.39 is 18.0 Å². The summed E-state index contributed by atoms with van der Waals surface area (Å²) in [6, 6.07) is 0. The van der Waals surface area contributed by atoms with E-state index in [1.807, 2.05) is 0 Å². The van der Waals surface area contributed by atoms with Gasteiger partial charge < -0.3 is 5.32 Å². The van der Waals surface area contributed by atoms with Crippen molar-refractivity contribution in [2.24, 2.45) is 17.8 Å². The Morgan fingerprint density at radius 3 is 2.22 bits per heavy atom. The molecule has 7 heteroatoms. The van der Waals surface area contributed by atoms with E-state index in [9.17, 15) is 26.7 Å². The molecule has 0 aromatic heterocycles. The molecule has 2 nitrogen and oxygen atoms in total. The van der Waals surface area contributed by atoms with Crippen LogP contribution < -0.4 is 5.32 Å². The molecule has 2 rings (SSSR count). The summed E-state index contributed by atoms with van der Waals surface area (Å²) in [7, 11) is 0. The molecule has 2 saturated carbocycles.